The minimum absolute atomic E-state index is 0.0733. The van der Waals surface area contributed by atoms with Crippen molar-refractivity contribution in [3.63, 3.8) is 0 Å². The number of fused-ring (bicyclic) bond motifs is 1. The zero-order chi connectivity index (χ0) is 17.4. The number of likely N-dealkylation sites (tertiary alicyclic amines) is 1. The molecular weight excluding hydrogens is 326 g/mol. The molecule has 0 N–H and O–H groups in total. The molecule has 1 atom stereocenters. The highest BCUT2D eigenvalue weighted by Crippen LogP contribution is 2.24. The highest BCUT2D eigenvalue weighted by atomic mass is 19.2. The number of nitrogens with zero attached hydrogens (tertiary/aromatic N) is 4. The van der Waals surface area contributed by atoms with E-state index in [0.717, 1.165) is 18.1 Å². The lowest BCUT2D eigenvalue weighted by Gasteiger charge is -2.16. The van der Waals surface area contributed by atoms with Crippen LogP contribution >= 0.6 is 0 Å². The van der Waals surface area contributed by atoms with Crippen LogP contribution in [0, 0.1) is 17.6 Å². The number of hydrogen-bond donors (Lipinski definition) is 0. The molecule has 3 aromatic rings. The fourth-order valence-electron chi connectivity index (χ4n) is 3.35. The quantitative estimate of drug-likeness (QED) is 0.735. The molecule has 0 saturated carbocycles. The highest BCUT2D eigenvalue weighted by molar-refractivity contribution is 6.00. The second-order valence-electron chi connectivity index (χ2n) is 6.32. The lowest BCUT2D eigenvalue weighted by atomic mass is 9.98. The summed E-state index contributed by atoms with van der Waals surface area (Å²) in [6, 6.07) is 3.98. The Bertz CT molecular complexity index is 940. The van der Waals surface area contributed by atoms with Crippen molar-refractivity contribution in [2.24, 2.45) is 5.92 Å². The first-order valence-corrected chi connectivity index (χ1v) is 8.12. The SMILES string of the molecule is O=C(c1cnn2ccncc12)N1CCC(Cc2ccc(F)c(F)c2)C1. The fraction of sp³-hybridized carbons (Fsp3) is 0.278. The number of carbonyl (C=O) groups excluding carboxylic acids is 1. The van der Waals surface area contributed by atoms with Crippen LogP contribution in [0.1, 0.15) is 22.3 Å². The summed E-state index contributed by atoms with van der Waals surface area (Å²) >= 11 is 0. The second-order valence-corrected chi connectivity index (χ2v) is 6.32. The molecular formula is C18H16F2N4O. The van der Waals surface area contributed by atoms with Gasteiger partial charge in [0.25, 0.3) is 5.91 Å². The van der Waals surface area contributed by atoms with Gasteiger partial charge < -0.3 is 4.90 Å². The Hall–Kier alpha value is -2.83. The Morgan fingerprint density at radius 2 is 2.12 bits per heavy atom. The molecule has 1 aromatic carbocycles. The first-order chi connectivity index (χ1) is 12.1. The van der Waals surface area contributed by atoms with Gasteiger partial charge in [-0.25, -0.2) is 13.3 Å². The van der Waals surface area contributed by atoms with Crippen molar-refractivity contribution in [2.75, 3.05) is 13.1 Å². The molecule has 0 spiro atoms. The number of hydrogen-bond acceptors (Lipinski definition) is 3. The van der Waals surface area contributed by atoms with E-state index in [1.165, 1.54) is 6.07 Å². The molecule has 1 fully saturated rings. The molecule has 7 heteroatoms. The van der Waals surface area contributed by atoms with Crippen molar-refractivity contribution in [3.8, 4) is 0 Å². The van der Waals surface area contributed by atoms with Crippen molar-refractivity contribution in [1.82, 2.24) is 19.5 Å². The Labute approximate surface area is 142 Å². The van der Waals surface area contributed by atoms with E-state index in [2.05, 4.69) is 10.1 Å². The topological polar surface area (TPSA) is 50.5 Å². The summed E-state index contributed by atoms with van der Waals surface area (Å²) in [5.41, 5.74) is 1.96. The van der Waals surface area contributed by atoms with Gasteiger partial charge in [0, 0.05) is 25.5 Å². The molecule has 1 aliphatic rings. The first kappa shape index (κ1) is 15.7. The van der Waals surface area contributed by atoms with E-state index in [4.69, 9.17) is 0 Å². The maximum atomic E-state index is 13.3. The van der Waals surface area contributed by atoms with Crippen molar-refractivity contribution in [1.29, 1.82) is 0 Å². The molecule has 4 rings (SSSR count). The van der Waals surface area contributed by atoms with Crippen LogP contribution in [0.15, 0.2) is 43.0 Å². The van der Waals surface area contributed by atoms with Crippen LogP contribution < -0.4 is 0 Å². The first-order valence-electron chi connectivity index (χ1n) is 8.12. The predicted molar refractivity (Wildman–Crippen MR) is 87.1 cm³/mol. The normalized spacial score (nSPS) is 17.4. The highest BCUT2D eigenvalue weighted by Gasteiger charge is 2.28. The lowest BCUT2D eigenvalue weighted by Crippen LogP contribution is -2.28. The molecule has 1 amide bonds. The minimum Gasteiger partial charge on any atom is -0.338 e. The summed E-state index contributed by atoms with van der Waals surface area (Å²) in [5, 5.41) is 4.17. The van der Waals surface area contributed by atoms with E-state index < -0.39 is 11.6 Å². The van der Waals surface area contributed by atoms with Crippen molar-refractivity contribution >= 4 is 11.4 Å². The van der Waals surface area contributed by atoms with Crippen molar-refractivity contribution < 1.29 is 13.6 Å². The molecule has 1 saturated heterocycles. The summed E-state index contributed by atoms with van der Waals surface area (Å²) in [6.45, 7) is 1.24. The van der Waals surface area contributed by atoms with Gasteiger partial charge in [0.1, 0.15) is 0 Å². The third-order valence-corrected chi connectivity index (χ3v) is 4.64. The largest absolute Gasteiger partial charge is 0.338 e. The Kier molecular flexibility index (Phi) is 3.91. The Balaban J connectivity index is 1.46. The van der Waals surface area contributed by atoms with Gasteiger partial charge in [0.15, 0.2) is 11.6 Å². The summed E-state index contributed by atoms with van der Waals surface area (Å²) in [4.78, 5) is 18.6. The maximum absolute atomic E-state index is 13.3. The Morgan fingerprint density at radius 1 is 1.24 bits per heavy atom. The second kappa shape index (κ2) is 6.23. The molecule has 25 heavy (non-hydrogen) atoms. The van der Waals surface area contributed by atoms with Crippen LogP contribution in [0.25, 0.3) is 5.52 Å². The summed E-state index contributed by atoms with van der Waals surface area (Å²) in [7, 11) is 0. The molecule has 3 heterocycles. The van der Waals surface area contributed by atoms with E-state index in [1.807, 2.05) is 0 Å². The van der Waals surface area contributed by atoms with E-state index in [9.17, 15) is 13.6 Å². The van der Waals surface area contributed by atoms with Gasteiger partial charge in [-0.2, -0.15) is 5.10 Å². The number of halogens is 2. The molecule has 0 bridgehead atoms. The van der Waals surface area contributed by atoms with Gasteiger partial charge in [-0.3, -0.25) is 9.78 Å². The molecule has 2 aromatic heterocycles. The van der Waals surface area contributed by atoms with Crippen LogP contribution in [-0.2, 0) is 6.42 Å². The van der Waals surface area contributed by atoms with Gasteiger partial charge in [-0.1, -0.05) is 6.07 Å². The van der Waals surface area contributed by atoms with E-state index in [-0.39, 0.29) is 11.8 Å². The van der Waals surface area contributed by atoms with E-state index in [0.29, 0.717) is 30.6 Å². The summed E-state index contributed by atoms with van der Waals surface area (Å²) in [5.74, 6) is -1.51. The van der Waals surface area contributed by atoms with Crippen molar-refractivity contribution in [3.05, 3.63) is 65.7 Å². The zero-order valence-corrected chi connectivity index (χ0v) is 13.4. The van der Waals surface area contributed by atoms with Gasteiger partial charge in [-0.15, -0.1) is 0 Å². The fourth-order valence-corrected chi connectivity index (χ4v) is 3.35. The Morgan fingerprint density at radius 3 is 2.96 bits per heavy atom. The summed E-state index contributed by atoms with van der Waals surface area (Å²) in [6.07, 6.45) is 7.94. The van der Waals surface area contributed by atoms with Gasteiger partial charge in [0.05, 0.1) is 23.5 Å². The number of aromatic nitrogens is 3. The standard InChI is InChI=1S/C18H16F2N4O/c19-15-2-1-12(8-16(15)20)7-13-3-5-23(11-13)18(25)14-9-22-24-6-4-21-10-17(14)24/h1-2,4,6,8-10,13H,3,5,7,11H2. The van der Waals surface area contributed by atoms with E-state index >= 15 is 0 Å². The van der Waals surface area contributed by atoms with Gasteiger partial charge >= 0.3 is 0 Å². The zero-order valence-electron chi connectivity index (χ0n) is 13.4. The number of benzene rings is 1. The number of carbonyl (C=O) groups is 1. The average molecular weight is 342 g/mol. The number of amides is 1. The van der Waals surface area contributed by atoms with Crippen LogP contribution in [0.3, 0.4) is 0 Å². The molecule has 128 valence electrons. The lowest BCUT2D eigenvalue weighted by molar-refractivity contribution is 0.0789. The maximum Gasteiger partial charge on any atom is 0.257 e. The van der Waals surface area contributed by atoms with Crippen LogP contribution in [0.5, 0.6) is 0 Å². The predicted octanol–water partition coefficient (Wildman–Crippen LogP) is 2.71. The van der Waals surface area contributed by atoms with Crippen LogP contribution in [0.2, 0.25) is 0 Å². The third-order valence-electron chi connectivity index (χ3n) is 4.64. The molecule has 1 unspecified atom stereocenters. The van der Waals surface area contributed by atoms with E-state index in [1.54, 1.807) is 40.3 Å². The monoisotopic (exact) mass is 342 g/mol. The van der Waals surface area contributed by atoms with Crippen LogP contribution in [0.4, 0.5) is 8.78 Å². The molecule has 0 aliphatic carbocycles. The van der Waals surface area contributed by atoms with Crippen molar-refractivity contribution in [2.45, 2.75) is 12.8 Å². The smallest absolute Gasteiger partial charge is 0.257 e. The molecule has 1 aliphatic heterocycles. The molecule has 5 nitrogen and oxygen atoms in total. The minimum atomic E-state index is -0.839. The average Bonchev–Trinajstić information content (AvgIpc) is 3.24. The van der Waals surface area contributed by atoms with Crippen LogP contribution in [-0.4, -0.2) is 38.5 Å². The summed E-state index contributed by atoms with van der Waals surface area (Å²) < 4.78 is 28.0. The van der Waals surface area contributed by atoms with Gasteiger partial charge in [-0.05, 0) is 36.5 Å². The molecule has 0 radical (unpaired) electrons. The van der Waals surface area contributed by atoms with Gasteiger partial charge in [0.2, 0.25) is 0 Å². The number of rotatable bonds is 3. The third kappa shape index (κ3) is 2.97.